The molecule has 0 radical (unpaired) electrons. The summed E-state index contributed by atoms with van der Waals surface area (Å²) in [6.07, 6.45) is 0.592. The number of hydrogen-bond donors (Lipinski definition) is 2. The van der Waals surface area contributed by atoms with Crippen molar-refractivity contribution in [3.05, 3.63) is 63.2 Å². The molecule has 3 rings (SSSR count). The number of halogens is 1. The average Bonchev–Trinajstić information content (AvgIpc) is 2.80. The van der Waals surface area contributed by atoms with Crippen molar-refractivity contribution in [2.45, 2.75) is 13.3 Å². The molecule has 1 heterocycles. The Hall–Kier alpha value is -2.84. The molecule has 0 unspecified atom stereocenters. The van der Waals surface area contributed by atoms with Gasteiger partial charge in [-0.2, -0.15) is 0 Å². The van der Waals surface area contributed by atoms with E-state index in [2.05, 4.69) is 10.6 Å². The van der Waals surface area contributed by atoms with Crippen LogP contribution in [-0.2, 0) is 16.0 Å². The van der Waals surface area contributed by atoms with E-state index in [9.17, 15) is 9.59 Å². The van der Waals surface area contributed by atoms with Gasteiger partial charge in [-0.15, -0.1) is 11.8 Å². The molecule has 0 atom stereocenters. The maximum atomic E-state index is 12.8. The third-order valence-corrected chi connectivity index (χ3v) is 6.16. The summed E-state index contributed by atoms with van der Waals surface area (Å²) in [5.74, 6) is 1.91. The molecule has 0 fully saturated rings. The second kappa shape index (κ2) is 11.2. The first kappa shape index (κ1) is 23.8. The number of amides is 2. The van der Waals surface area contributed by atoms with Crippen LogP contribution in [0.1, 0.15) is 22.8 Å². The number of carbonyl (C=O) groups is 2. The molecule has 0 aromatic heterocycles. The largest absolute Gasteiger partial charge is 0.496 e. The molecular weight excluding hydrogens is 452 g/mol. The normalized spacial score (nSPS) is 13.2. The Kier molecular flexibility index (Phi) is 8.30. The van der Waals surface area contributed by atoms with Gasteiger partial charge in [0.15, 0.2) is 11.5 Å². The van der Waals surface area contributed by atoms with Crippen molar-refractivity contribution < 1.29 is 23.8 Å². The Morgan fingerprint density at radius 1 is 1.09 bits per heavy atom. The van der Waals surface area contributed by atoms with Crippen molar-refractivity contribution in [3.63, 3.8) is 0 Å². The monoisotopic (exact) mass is 476 g/mol. The molecule has 2 aromatic carbocycles. The molecule has 2 N–H and O–H groups in total. The van der Waals surface area contributed by atoms with E-state index in [1.807, 2.05) is 18.2 Å². The van der Waals surface area contributed by atoms with Gasteiger partial charge in [-0.1, -0.05) is 17.7 Å². The average molecular weight is 477 g/mol. The number of benzene rings is 2. The van der Waals surface area contributed by atoms with Gasteiger partial charge in [0.2, 0.25) is 0 Å². The summed E-state index contributed by atoms with van der Waals surface area (Å²) in [6.45, 7) is 2.72. The molecule has 0 saturated heterocycles. The third kappa shape index (κ3) is 5.89. The van der Waals surface area contributed by atoms with Crippen LogP contribution in [0.15, 0.2) is 47.1 Å². The number of ether oxygens (including phenoxy) is 3. The van der Waals surface area contributed by atoms with E-state index >= 15 is 0 Å². The first-order valence-corrected chi connectivity index (χ1v) is 11.4. The van der Waals surface area contributed by atoms with Crippen LogP contribution in [0.5, 0.6) is 11.5 Å². The maximum absolute atomic E-state index is 12.8. The van der Waals surface area contributed by atoms with E-state index < -0.39 is 0 Å². The predicted octanol–water partition coefficient (Wildman–Crippen LogP) is 4.26. The van der Waals surface area contributed by atoms with Gasteiger partial charge in [-0.25, -0.2) is 0 Å². The van der Waals surface area contributed by atoms with Gasteiger partial charge < -0.3 is 24.8 Å². The number of anilines is 1. The minimum Gasteiger partial charge on any atom is -0.496 e. The zero-order valence-electron chi connectivity index (χ0n) is 18.1. The van der Waals surface area contributed by atoms with Gasteiger partial charge in [-0.05, 0) is 49.2 Å². The molecular formula is C23H25ClN2O5S. The molecule has 0 aliphatic carbocycles. The second-order valence-electron chi connectivity index (χ2n) is 6.92. The number of thioether (sulfide) groups is 1. The summed E-state index contributed by atoms with van der Waals surface area (Å²) in [5.41, 5.74) is 1.66. The SMILES string of the molecule is COc1ccc(CCNC(=O)c2cc(Cl)ccc2NC(=O)C2=C(C)OCCS2)cc1OC. The summed E-state index contributed by atoms with van der Waals surface area (Å²) in [7, 11) is 3.16. The highest BCUT2D eigenvalue weighted by molar-refractivity contribution is 8.04. The van der Waals surface area contributed by atoms with Crippen molar-refractivity contribution in [1.82, 2.24) is 5.32 Å². The third-order valence-electron chi connectivity index (χ3n) is 4.80. The van der Waals surface area contributed by atoms with Gasteiger partial charge in [0.05, 0.1) is 32.1 Å². The second-order valence-corrected chi connectivity index (χ2v) is 8.46. The summed E-state index contributed by atoms with van der Waals surface area (Å²) in [5, 5.41) is 6.09. The lowest BCUT2D eigenvalue weighted by molar-refractivity contribution is -0.112. The maximum Gasteiger partial charge on any atom is 0.265 e. The highest BCUT2D eigenvalue weighted by Gasteiger charge is 2.21. The van der Waals surface area contributed by atoms with E-state index in [1.165, 1.54) is 17.8 Å². The summed E-state index contributed by atoms with van der Waals surface area (Å²) < 4.78 is 16.0. The van der Waals surface area contributed by atoms with Crippen LogP contribution in [0.2, 0.25) is 5.02 Å². The molecule has 9 heteroatoms. The standard InChI is InChI=1S/C23H25ClN2O5S/c1-14-21(32-11-10-31-14)23(28)26-18-6-5-16(24)13-17(18)22(27)25-9-8-15-4-7-19(29-2)20(12-15)30-3/h4-7,12-13H,8-11H2,1-3H3,(H,25,27)(H,26,28). The zero-order valence-corrected chi connectivity index (χ0v) is 19.7. The molecule has 0 saturated carbocycles. The molecule has 32 heavy (non-hydrogen) atoms. The van der Waals surface area contributed by atoms with Gasteiger partial charge in [0, 0.05) is 17.3 Å². The van der Waals surface area contributed by atoms with Crippen LogP contribution in [0.25, 0.3) is 0 Å². The topological polar surface area (TPSA) is 85.9 Å². The number of allylic oxidation sites excluding steroid dienone is 1. The van der Waals surface area contributed by atoms with Crippen LogP contribution in [0.3, 0.4) is 0 Å². The number of carbonyl (C=O) groups excluding carboxylic acids is 2. The highest BCUT2D eigenvalue weighted by Crippen LogP contribution is 2.29. The minimum absolute atomic E-state index is 0.290. The smallest absolute Gasteiger partial charge is 0.265 e. The quantitative estimate of drug-likeness (QED) is 0.592. The lowest BCUT2D eigenvalue weighted by Crippen LogP contribution is -2.27. The van der Waals surface area contributed by atoms with Gasteiger partial charge in [0.25, 0.3) is 11.8 Å². The molecule has 170 valence electrons. The summed E-state index contributed by atoms with van der Waals surface area (Å²) in [4.78, 5) is 26.0. The van der Waals surface area contributed by atoms with E-state index in [1.54, 1.807) is 33.3 Å². The Balaban J connectivity index is 1.67. The lowest BCUT2D eigenvalue weighted by Gasteiger charge is -2.18. The van der Waals surface area contributed by atoms with Crippen LogP contribution >= 0.6 is 23.4 Å². The van der Waals surface area contributed by atoms with Crippen LogP contribution in [-0.4, -0.2) is 44.9 Å². The van der Waals surface area contributed by atoms with E-state index in [4.69, 9.17) is 25.8 Å². The molecule has 0 spiro atoms. The molecule has 1 aliphatic rings. The Morgan fingerprint density at radius 3 is 2.59 bits per heavy atom. The van der Waals surface area contributed by atoms with Gasteiger partial charge in [-0.3, -0.25) is 9.59 Å². The Bertz CT molecular complexity index is 1040. The van der Waals surface area contributed by atoms with Crippen LogP contribution in [0, 0.1) is 0 Å². The Morgan fingerprint density at radius 2 is 1.88 bits per heavy atom. The van der Waals surface area contributed by atoms with Crippen molar-refractivity contribution in [1.29, 1.82) is 0 Å². The minimum atomic E-state index is -0.332. The molecule has 2 aromatic rings. The number of rotatable bonds is 8. The fraction of sp³-hybridized carbons (Fsp3) is 0.304. The van der Waals surface area contributed by atoms with Crippen molar-refractivity contribution in [3.8, 4) is 11.5 Å². The van der Waals surface area contributed by atoms with Crippen LogP contribution in [0.4, 0.5) is 5.69 Å². The molecule has 0 bridgehead atoms. The number of methoxy groups -OCH3 is 2. The summed E-state index contributed by atoms with van der Waals surface area (Å²) in [6, 6.07) is 10.4. The van der Waals surface area contributed by atoms with E-state index in [0.29, 0.717) is 58.2 Å². The predicted molar refractivity (Wildman–Crippen MR) is 127 cm³/mol. The van der Waals surface area contributed by atoms with Gasteiger partial charge >= 0.3 is 0 Å². The van der Waals surface area contributed by atoms with Crippen molar-refractivity contribution in [2.24, 2.45) is 0 Å². The number of hydrogen-bond acceptors (Lipinski definition) is 6. The summed E-state index contributed by atoms with van der Waals surface area (Å²) >= 11 is 7.54. The fourth-order valence-electron chi connectivity index (χ4n) is 3.18. The van der Waals surface area contributed by atoms with E-state index in [-0.39, 0.29) is 17.4 Å². The Labute approximate surface area is 196 Å². The first-order valence-electron chi connectivity index (χ1n) is 9.99. The highest BCUT2D eigenvalue weighted by atomic mass is 35.5. The lowest BCUT2D eigenvalue weighted by atomic mass is 10.1. The first-order chi connectivity index (χ1) is 15.4. The molecule has 2 amide bonds. The molecule has 1 aliphatic heterocycles. The molecule has 7 nitrogen and oxygen atoms in total. The zero-order chi connectivity index (χ0) is 23.1. The van der Waals surface area contributed by atoms with Crippen molar-refractivity contribution >= 4 is 40.9 Å². The number of nitrogens with one attached hydrogen (secondary N) is 2. The van der Waals surface area contributed by atoms with Gasteiger partial charge in [0.1, 0.15) is 10.7 Å². The fourth-order valence-corrected chi connectivity index (χ4v) is 4.16. The van der Waals surface area contributed by atoms with E-state index in [0.717, 1.165) is 5.56 Å². The van der Waals surface area contributed by atoms with Crippen LogP contribution < -0.4 is 20.1 Å². The van der Waals surface area contributed by atoms with Crippen molar-refractivity contribution in [2.75, 3.05) is 38.4 Å².